The predicted octanol–water partition coefficient (Wildman–Crippen LogP) is 3.14. The lowest BCUT2D eigenvalue weighted by molar-refractivity contribution is 0.0992. The van der Waals surface area contributed by atoms with Gasteiger partial charge in [0.05, 0.1) is 18.2 Å². The van der Waals surface area contributed by atoms with E-state index in [0.717, 1.165) is 12.8 Å². The summed E-state index contributed by atoms with van der Waals surface area (Å²) in [6.45, 7) is 0. The van der Waals surface area contributed by atoms with Gasteiger partial charge in [-0.15, -0.1) is 0 Å². The SMILES string of the molecule is Nc1ccc(F)cc1C(=O)Cc1ccn(C2CCCC2)n1. The maximum Gasteiger partial charge on any atom is 0.171 e. The quantitative estimate of drug-likeness (QED) is 0.694. The molecule has 0 amide bonds. The van der Waals surface area contributed by atoms with Crippen molar-refractivity contribution in [2.45, 2.75) is 38.1 Å². The Bertz CT molecular complexity index is 659. The molecule has 1 fully saturated rings. The molecule has 0 saturated heterocycles. The molecule has 3 rings (SSSR count). The third kappa shape index (κ3) is 2.96. The number of aromatic nitrogens is 2. The zero-order chi connectivity index (χ0) is 14.8. The van der Waals surface area contributed by atoms with E-state index in [-0.39, 0.29) is 17.8 Å². The van der Waals surface area contributed by atoms with Crippen LogP contribution in [0.5, 0.6) is 0 Å². The maximum atomic E-state index is 13.2. The van der Waals surface area contributed by atoms with Gasteiger partial charge < -0.3 is 5.73 Å². The second-order valence-electron chi connectivity index (χ2n) is 5.56. The van der Waals surface area contributed by atoms with E-state index in [9.17, 15) is 9.18 Å². The molecule has 0 spiro atoms. The molecule has 1 aromatic heterocycles. The highest BCUT2D eigenvalue weighted by Crippen LogP contribution is 2.28. The standard InChI is InChI=1S/C16H18FN3O/c17-11-5-6-15(18)14(9-11)16(21)10-12-7-8-20(19-12)13-3-1-2-4-13/h5-9,13H,1-4,10,18H2. The monoisotopic (exact) mass is 287 g/mol. The molecule has 4 nitrogen and oxygen atoms in total. The van der Waals surface area contributed by atoms with Crippen molar-refractivity contribution in [2.24, 2.45) is 0 Å². The van der Waals surface area contributed by atoms with Gasteiger partial charge in [-0.3, -0.25) is 9.48 Å². The van der Waals surface area contributed by atoms with E-state index in [2.05, 4.69) is 5.10 Å². The maximum absolute atomic E-state index is 13.2. The molecular formula is C16H18FN3O. The van der Waals surface area contributed by atoms with Crippen LogP contribution in [0, 0.1) is 5.82 Å². The van der Waals surface area contributed by atoms with Crippen LogP contribution < -0.4 is 5.73 Å². The molecular weight excluding hydrogens is 269 g/mol. The smallest absolute Gasteiger partial charge is 0.171 e. The number of nitrogen functional groups attached to an aromatic ring is 1. The van der Waals surface area contributed by atoms with E-state index in [1.165, 1.54) is 31.0 Å². The minimum absolute atomic E-state index is 0.146. The number of hydrogen-bond acceptors (Lipinski definition) is 3. The topological polar surface area (TPSA) is 60.9 Å². The average molecular weight is 287 g/mol. The fourth-order valence-corrected chi connectivity index (χ4v) is 2.87. The summed E-state index contributed by atoms with van der Waals surface area (Å²) in [7, 11) is 0. The largest absolute Gasteiger partial charge is 0.398 e. The van der Waals surface area contributed by atoms with E-state index >= 15 is 0 Å². The average Bonchev–Trinajstić information content (AvgIpc) is 3.11. The van der Waals surface area contributed by atoms with Gasteiger partial charge in [0.15, 0.2) is 5.78 Å². The molecule has 2 aromatic rings. The van der Waals surface area contributed by atoms with Gasteiger partial charge in [0.1, 0.15) is 5.82 Å². The summed E-state index contributed by atoms with van der Waals surface area (Å²) in [5.74, 6) is -0.660. The number of anilines is 1. The number of Topliss-reactive ketones (excluding diaryl/α,β-unsaturated/α-hetero) is 1. The fourth-order valence-electron chi connectivity index (χ4n) is 2.87. The Hall–Kier alpha value is -2.17. The van der Waals surface area contributed by atoms with Crippen molar-refractivity contribution in [2.75, 3.05) is 5.73 Å². The Morgan fingerprint density at radius 3 is 2.86 bits per heavy atom. The highest BCUT2D eigenvalue weighted by molar-refractivity contribution is 6.01. The van der Waals surface area contributed by atoms with Crippen LogP contribution in [0.4, 0.5) is 10.1 Å². The number of benzene rings is 1. The van der Waals surface area contributed by atoms with Crippen molar-refractivity contribution in [1.82, 2.24) is 9.78 Å². The number of halogens is 1. The van der Waals surface area contributed by atoms with Crippen LogP contribution in [0.1, 0.15) is 47.8 Å². The summed E-state index contributed by atoms with van der Waals surface area (Å²) in [5.41, 5.74) is 6.97. The van der Waals surface area contributed by atoms with Crippen LogP contribution >= 0.6 is 0 Å². The van der Waals surface area contributed by atoms with Gasteiger partial charge in [-0.2, -0.15) is 5.10 Å². The summed E-state index contributed by atoms with van der Waals surface area (Å²) >= 11 is 0. The first-order valence-electron chi connectivity index (χ1n) is 7.26. The van der Waals surface area contributed by atoms with Crippen molar-refractivity contribution < 1.29 is 9.18 Å². The summed E-state index contributed by atoms with van der Waals surface area (Å²) in [6, 6.07) is 6.16. The highest BCUT2D eigenvalue weighted by Gasteiger charge is 2.19. The van der Waals surface area contributed by atoms with Gasteiger partial charge in [-0.05, 0) is 37.1 Å². The van der Waals surface area contributed by atoms with Crippen LogP contribution in [0.3, 0.4) is 0 Å². The van der Waals surface area contributed by atoms with E-state index in [1.807, 2.05) is 16.9 Å². The predicted molar refractivity (Wildman–Crippen MR) is 78.6 cm³/mol. The van der Waals surface area contributed by atoms with E-state index in [4.69, 9.17) is 5.73 Å². The number of rotatable bonds is 4. The number of hydrogen-bond donors (Lipinski definition) is 1. The minimum atomic E-state index is -0.455. The molecule has 1 aromatic carbocycles. The fraction of sp³-hybridized carbons (Fsp3) is 0.375. The molecule has 0 radical (unpaired) electrons. The van der Waals surface area contributed by atoms with Crippen LogP contribution in [0.2, 0.25) is 0 Å². The van der Waals surface area contributed by atoms with Gasteiger partial charge in [-0.1, -0.05) is 12.8 Å². The van der Waals surface area contributed by atoms with E-state index in [1.54, 1.807) is 0 Å². The van der Waals surface area contributed by atoms with Gasteiger partial charge in [-0.25, -0.2) is 4.39 Å². The molecule has 5 heteroatoms. The molecule has 0 unspecified atom stereocenters. The van der Waals surface area contributed by atoms with Crippen LogP contribution in [-0.4, -0.2) is 15.6 Å². The van der Waals surface area contributed by atoms with E-state index in [0.29, 0.717) is 17.4 Å². The Labute approximate surface area is 122 Å². The number of carbonyl (C=O) groups excluding carboxylic acids is 1. The Morgan fingerprint density at radius 2 is 2.10 bits per heavy atom. The normalized spacial score (nSPS) is 15.5. The summed E-state index contributed by atoms with van der Waals surface area (Å²) < 4.78 is 15.2. The zero-order valence-corrected chi connectivity index (χ0v) is 11.8. The number of ketones is 1. The van der Waals surface area contributed by atoms with Crippen molar-refractivity contribution in [1.29, 1.82) is 0 Å². The zero-order valence-electron chi connectivity index (χ0n) is 11.8. The molecule has 1 heterocycles. The molecule has 21 heavy (non-hydrogen) atoms. The van der Waals surface area contributed by atoms with Gasteiger partial charge in [0, 0.05) is 17.4 Å². The molecule has 2 N–H and O–H groups in total. The molecule has 0 atom stereocenters. The highest BCUT2D eigenvalue weighted by atomic mass is 19.1. The lowest BCUT2D eigenvalue weighted by Gasteiger charge is -2.08. The Kier molecular flexibility index (Phi) is 3.73. The number of carbonyl (C=O) groups is 1. The molecule has 0 bridgehead atoms. The van der Waals surface area contributed by atoms with Crippen molar-refractivity contribution in [3.05, 3.63) is 47.5 Å². The minimum Gasteiger partial charge on any atom is -0.398 e. The molecule has 1 saturated carbocycles. The Balaban J connectivity index is 1.74. The van der Waals surface area contributed by atoms with Crippen LogP contribution in [0.25, 0.3) is 0 Å². The van der Waals surface area contributed by atoms with Crippen LogP contribution in [0.15, 0.2) is 30.5 Å². The second-order valence-corrected chi connectivity index (χ2v) is 5.56. The van der Waals surface area contributed by atoms with Gasteiger partial charge >= 0.3 is 0 Å². The van der Waals surface area contributed by atoms with Crippen molar-refractivity contribution >= 4 is 11.5 Å². The first kappa shape index (κ1) is 13.8. The first-order valence-corrected chi connectivity index (χ1v) is 7.26. The second kappa shape index (κ2) is 5.68. The molecule has 1 aliphatic rings. The number of nitrogens with two attached hydrogens (primary N) is 1. The van der Waals surface area contributed by atoms with E-state index < -0.39 is 5.82 Å². The number of nitrogens with zero attached hydrogens (tertiary/aromatic N) is 2. The van der Waals surface area contributed by atoms with Gasteiger partial charge in [0.2, 0.25) is 0 Å². The first-order chi connectivity index (χ1) is 10.1. The summed E-state index contributed by atoms with van der Waals surface area (Å²) in [4.78, 5) is 12.2. The molecule has 1 aliphatic carbocycles. The summed E-state index contributed by atoms with van der Waals surface area (Å²) in [6.07, 6.45) is 6.83. The molecule has 0 aliphatic heterocycles. The van der Waals surface area contributed by atoms with Crippen molar-refractivity contribution in [3.63, 3.8) is 0 Å². The lowest BCUT2D eigenvalue weighted by atomic mass is 10.0. The summed E-state index contributed by atoms with van der Waals surface area (Å²) in [5, 5.41) is 4.47. The van der Waals surface area contributed by atoms with Gasteiger partial charge in [0.25, 0.3) is 0 Å². The Morgan fingerprint density at radius 1 is 1.33 bits per heavy atom. The van der Waals surface area contributed by atoms with Crippen molar-refractivity contribution in [3.8, 4) is 0 Å². The third-order valence-electron chi connectivity index (χ3n) is 4.02. The lowest BCUT2D eigenvalue weighted by Crippen LogP contribution is -2.10. The molecule has 110 valence electrons. The van der Waals surface area contributed by atoms with Crippen LogP contribution in [-0.2, 0) is 6.42 Å². The third-order valence-corrected chi connectivity index (χ3v) is 4.02.